The van der Waals surface area contributed by atoms with E-state index in [0.29, 0.717) is 13.0 Å². The van der Waals surface area contributed by atoms with Crippen molar-refractivity contribution < 1.29 is 13.9 Å². The lowest BCUT2D eigenvalue weighted by atomic mass is 10.1. The molecule has 29 heavy (non-hydrogen) atoms. The molecule has 0 radical (unpaired) electrons. The number of pyridine rings is 1. The van der Waals surface area contributed by atoms with E-state index in [2.05, 4.69) is 5.43 Å². The van der Waals surface area contributed by atoms with Gasteiger partial charge in [0.2, 0.25) is 5.43 Å². The molecule has 0 aliphatic carbocycles. The molecule has 0 unspecified atom stereocenters. The summed E-state index contributed by atoms with van der Waals surface area (Å²) in [5.41, 5.74) is 4.60. The first kappa shape index (κ1) is 18.7. The maximum atomic E-state index is 13.4. The summed E-state index contributed by atoms with van der Waals surface area (Å²) < 4.78 is 20.6. The number of nitrogens with zero attached hydrogens (tertiary/aromatic N) is 2. The van der Waals surface area contributed by atoms with Crippen LogP contribution in [0, 0.1) is 5.82 Å². The van der Waals surface area contributed by atoms with Crippen LogP contribution in [0.2, 0.25) is 0 Å². The quantitative estimate of drug-likeness (QED) is 0.700. The molecule has 0 saturated heterocycles. The molecule has 2 heterocycles. The van der Waals surface area contributed by atoms with E-state index in [1.807, 2.05) is 36.4 Å². The fraction of sp³-hybridized carbons (Fsp3) is 0.182. The average molecular weight is 393 g/mol. The minimum absolute atomic E-state index is 0.0179. The second-order valence-corrected chi connectivity index (χ2v) is 6.77. The third-order valence-corrected chi connectivity index (χ3v) is 4.76. The van der Waals surface area contributed by atoms with E-state index < -0.39 is 0 Å². The molecule has 0 atom stereocenters. The van der Waals surface area contributed by atoms with Crippen LogP contribution in [0.25, 0.3) is 0 Å². The van der Waals surface area contributed by atoms with Crippen molar-refractivity contribution >= 4 is 5.91 Å². The molecule has 148 valence electrons. The Morgan fingerprint density at radius 1 is 1.00 bits per heavy atom. The number of hydrogen-bond acceptors (Lipinski definition) is 4. The molecule has 2 aromatic carbocycles. The minimum atomic E-state index is -0.352. The number of hydrogen-bond donors (Lipinski definition) is 1. The summed E-state index contributed by atoms with van der Waals surface area (Å²) in [6, 6.07) is 17.1. The number of halogens is 1. The van der Waals surface area contributed by atoms with Crippen molar-refractivity contribution in [1.29, 1.82) is 0 Å². The first-order valence-corrected chi connectivity index (χ1v) is 9.32. The van der Waals surface area contributed by atoms with Gasteiger partial charge in [0.25, 0.3) is 5.91 Å². The molecule has 0 saturated carbocycles. The minimum Gasteiger partial charge on any atom is -0.482 e. The Morgan fingerprint density at radius 3 is 2.59 bits per heavy atom. The lowest BCUT2D eigenvalue weighted by Crippen LogP contribution is -2.47. The third-order valence-electron chi connectivity index (χ3n) is 4.76. The number of ether oxygens (including phenoxy) is 1. The molecular weight excluding hydrogens is 373 g/mol. The Bertz CT molecular complexity index is 1080. The summed E-state index contributed by atoms with van der Waals surface area (Å²) >= 11 is 0. The molecule has 7 heteroatoms. The zero-order chi connectivity index (χ0) is 20.2. The van der Waals surface area contributed by atoms with Gasteiger partial charge in [-0.3, -0.25) is 14.3 Å². The number of carbonyl (C=O) groups is 1. The molecule has 1 amide bonds. The summed E-state index contributed by atoms with van der Waals surface area (Å²) in [4.78, 5) is 27.0. The molecule has 6 nitrogen and oxygen atoms in total. The molecule has 1 aliphatic heterocycles. The highest BCUT2D eigenvalue weighted by molar-refractivity contribution is 5.96. The van der Waals surface area contributed by atoms with E-state index in [1.54, 1.807) is 11.0 Å². The highest BCUT2D eigenvalue weighted by atomic mass is 19.1. The fourth-order valence-corrected chi connectivity index (χ4v) is 3.24. The van der Waals surface area contributed by atoms with E-state index in [4.69, 9.17) is 4.74 Å². The predicted molar refractivity (Wildman–Crippen MR) is 107 cm³/mol. The van der Waals surface area contributed by atoms with E-state index in [9.17, 15) is 14.0 Å². The van der Waals surface area contributed by atoms with Gasteiger partial charge < -0.3 is 15.1 Å². The Morgan fingerprint density at radius 2 is 1.79 bits per heavy atom. The first-order valence-electron chi connectivity index (χ1n) is 9.32. The van der Waals surface area contributed by atoms with Crippen LogP contribution in [-0.4, -0.2) is 28.7 Å². The van der Waals surface area contributed by atoms with Crippen molar-refractivity contribution in [3.8, 4) is 5.75 Å². The second kappa shape index (κ2) is 8.18. The second-order valence-electron chi connectivity index (χ2n) is 6.77. The van der Waals surface area contributed by atoms with Crippen LogP contribution in [-0.2, 0) is 13.0 Å². The van der Waals surface area contributed by atoms with Crippen molar-refractivity contribution in [2.24, 2.45) is 0 Å². The van der Waals surface area contributed by atoms with Gasteiger partial charge in [0.05, 0.1) is 0 Å². The summed E-state index contributed by atoms with van der Waals surface area (Å²) in [6.07, 6.45) is 2.03. The molecular formula is C22H20FN3O3. The molecule has 0 fully saturated rings. The zero-order valence-electron chi connectivity index (χ0n) is 15.7. The lowest BCUT2D eigenvalue weighted by Gasteiger charge is -2.31. The lowest BCUT2D eigenvalue weighted by molar-refractivity contribution is 0.0721. The molecule has 0 bridgehead atoms. The molecule has 0 spiro atoms. The van der Waals surface area contributed by atoms with E-state index in [1.165, 1.54) is 29.1 Å². The molecule has 4 rings (SSSR count). The predicted octanol–water partition coefficient (Wildman–Crippen LogP) is 2.77. The van der Waals surface area contributed by atoms with Gasteiger partial charge in [-0.15, -0.1) is 0 Å². The van der Waals surface area contributed by atoms with Crippen molar-refractivity contribution in [2.45, 2.75) is 13.0 Å². The van der Waals surface area contributed by atoms with Crippen LogP contribution in [0.5, 0.6) is 5.75 Å². The molecule has 1 N–H and O–H groups in total. The van der Waals surface area contributed by atoms with Crippen LogP contribution < -0.4 is 15.6 Å². The maximum absolute atomic E-state index is 13.4. The van der Waals surface area contributed by atoms with Gasteiger partial charge >= 0.3 is 0 Å². The van der Waals surface area contributed by atoms with Gasteiger partial charge in [-0.1, -0.05) is 42.5 Å². The maximum Gasteiger partial charge on any atom is 0.277 e. The molecule has 1 aliphatic rings. The van der Waals surface area contributed by atoms with E-state index >= 15 is 0 Å². The standard InChI is InChI=1S/C22H20FN3O3/c23-18-8-4-7-16(13-18)9-11-25-15-24-26-12-10-19(27)21(20(26)22(25)28)29-14-17-5-2-1-3-6-17/h1-8,10,12-13,24H,9,11,14-15H2. The smallest absolute Gasteiger partial charge is 0.277 e. The van der Waals surface area contributed by atoms with Crippen molar-refractivity contribution in [2.75, 3.05) is 18.6 Å². The van der Waals surface area contributed by atoms with Gasteiger partial charge in [-0.2, -0.15) is 0 Å². The Labute approximate surface area is 167 Å². The number of amides is 1. The summed E-state index contributed by atoms with van der Waals surface area (Å²) in [6.45, 7) is 0.850. The van der Waals surface area contributed by atoms with Gasteiger partial charge in [0.15, 0.2) is 11.4 Å². The van der Waals surface area contributed by atoms with Crippen LogP contribution in [0.3, 0.4) is 0 Å². The number of nitrogens with one attached hydrogen (secondary N) is 1. The number of aromatic nitrogens is 1. The topological polar surface area (TPSA) is 63.6 Å². The highest BCUT2D eigenvalue weighted by Crippen LogP contribution is 2.20. The van der Waals surface area contributed by atoms with Gasteiger partial charge in [0.1, 0.15) is 19.1 Å². The van der Waals surface area contributed by atoms with Crippen LogP contribution >= 0.6 is 0 Å². The van der Waals surface area contributed by atoms with Gasteiger partial charge in [-0.25, -0.2) is 4.39 Å². The summed E-state index contributed by atoms with van der Waals surface area (Å²) in [5.74, 6) is -0.593. The van der Waals surface area contributed by atoms with E-state index in [0.717, 1.165) is 11.1 Å². The van der Waals surface area contributed by atoms with Gasteiger partial charge in [0, 0.05) is 18.8 Å². The highest BCUT2D eigenvalue weighted by Gasteiger charge is 2.29. The van der Waals surface area contributed by atoms with Crippen LogP contribution in [0.4, 0.5) is 4.39 Å². The Balaban J connectivity index is 1.54. The number of rotatable bonds is 6. The first-order chi connectivity index (χ1) is 14.1. The molecule has 3 aromatic rings. The number of benzene rings is 2. The zero-order valence-corrected chi connectivity index (χ0v) is 15.7. The van der Waals surface area contributed by atoms with Crippen LogP contribution in [0.15, 0.2) is 71.7 Å². The Kier molecular flexibility index (Phi) is 5.29. The third kappa shape index (κ3) is 4.13. The SMILES string of the molecule is O=C1c2c(OCc3ccccc3)c(=O)ccn2NCN1CCc1cccc(F)c1. The van der Waals surface area contributed by atoms with E-state index in [-0.39, 0.29) is 41.9 Å². The fourth-order valence-electron chi connectivity index (χ4n) is 3.24. The number of fused-ring (bicyclic) bond motifs is 1. The van der Waals surface area contributed by atoms with Gasteiger partial charge in [-0.05, 0) is 29.7 Å². The average Bonchev–Trinajstić information content (AvgIpc) is 2.73. The molecule has 1 aromatic heterocycles. The Hall–Kier alpha value is -3.61. The normalized spacial score (nSPS) is 13.0. The largest absolute Gasteiger partial charge is 0.482 e. The summed E-state index contributed by atoms with van der Waals surface area (Å²) in [7, 11) is 0. The van der Waals surface area contributed by atoms with Crippen LogP contribution in [0.1, 0.15) is 21.6 Å². The summed E-state index contributed by atoms with van der Waals surface area (Å²) in [5, 5.41) is 0. The monoisotopic (exact) mass is 393 g/mol. The van der Waals surface area contributed by atoms with Crippen molar-refractivity contribution in [3.05, 3.63) is 99.7 Å². The van der Waals surface area contributed by atoms with Crippen molar-refractivity contribution in [1.82, 2.24) is 9.58 Å². The number of carbonyl (C=O) groups excluding carboxylic acids is 1. The van der Waals surface area contributed by atoms with Crippen molar-refractivity contribution in [3.63, 3.8) is 0 Å².